The third-order valence-corrected chi connectivity index (χ3v) is 5.85. The number of nitrogens with one attached hydrogen (secondary N) is 2. The zero-order valence-electron chi connectivity index (χ0n) is 16.1. The molecule has 1 aliphatic heterocycles. The number of hydrogen-bond acceptors (Lipinski definition) is 8. The molecule has 1 aliphatic rings. The van der Waals surface area contributed by atoms with Crippen LogP contribution in [0.2, 0.25) is 0 Å². The van der Waals surface area contributed by atoms with Gasteiger partial charge in [-0.25, -0.2) is 4.79 Å². The molecule has 1 heterocycles. The van der Waals surface area contributed by atoms with Crippen molar-refractivity contribution in [2.24, 2.45) is 0 Å². The lowest BCUT2D eigenvalue weighted by Crippen LogP contribution is -2.66. The molecule has 0 saturated carbocycles. The molecule has 3 atom stereocenters. The molecule has 0 spiro atoms. The number of carbonyl (C=O) groups excluding carboxylic acids is 2. The standard InChI is InChI=1S/C18H24N2O7S/c1-17(2)13(14(22)23)19-15(28-17)18(26-4,16(24)25-3)20-12(21)10-27-11-8-6-5-7-9-11/h5-9,13,15,19H,10H2,1-4H3,(H,20,21)(H,22,23). The van der Waals surface area contributed by atoms with Crippen molar-refractivity contribution < 1.29 is 33.7 Å². The summed E-state index contributed by atoms with van der Waals surface area (Å²) in [6, 6.07) is 7.74. The molecule has 2 rings (SSSR count). The number of aliphatic carboxylic acids is 1. The Hall–Kier alpha value is -2.30. The van der Waals surface area contributed by atoms with Gasteiger partial charge in [0.25, 0.3) is 11.6 Å². The largest absolute Gasteiger partial charge is 0.484 e. The number of carbonyl (C=O) groups is 3. The van der Waals surface area contributed by atoms with E-state index in [1.807, 2.05) is 6.07 Å². The summed E-state index contributed by atoms with van der Waals surface area (Å²) >= 11 is 1.16. The van der Waals surface area contributed by atoms with Crippen molar-refractivity contribution >= 4 is 29.6 Å². The number of ether oxygens (including phenoxy) is 3. The molecular formula is C18H24N2O7S. The van der Waals surface area contributed by atoms with Gasteiger partial charge < -0.3 is 24.6 Å². The summed E-state index contributed by atoms with van der Waals surface area (Å²) in [6.45, 7) is 3.08. The van der Waals surface area contributed by atoms with E-state index in [0.717, 1.165) is 18.9 Å². The quantitative estimate of drug-likeness (QED) is 0.416. The number of carboxylic acid groups (broad SMARTS) is 1. The molecule has 0 aliphatic carbocycles. The first-order valence-corrected chi connectivity index (χ1v) is 9.33. The lowest BCUT2D eigenvalue weighted by Gasteiger charge is -2.35. The van der Waals surface area contributed by atoms with Crippen molar-refractivity contribution in [3.8, 4) is 5.75 Å². The van der Waals surface area contributed by atoms with Crippen molar-refractivity contribution in [1.82, 2.24) is 10.6 Å². The lowest BCUT2D eigenvalue weighted by molar-refractivity contribution is -0.175. The lowest BCUT2D eigenvalue weighted by atomic mass is 10.0. The highest BCUT2D eigenvalue weighted by atomic mass is 32.2. The number of thioether (sulfide) groups is 1. The second-order valence-corrected chi connectivity index (χ2v) is 8.38. The fourth-order valence-electron chi connectivity index (χ4n) is 2.85. The van der Waals surface area contributed by atoms with E-state index in [4.69, 9.17) is 14.2 Å². The molecule has 3 unspecified atom stereocenters. The van der Waals surface area contributed by atoms with E-state index in [2.05, 4.69) is 10.6 Å². The van der Waals surface area contributed by atoms with Crippen LogP contribution in [0.25, 0.3) is 0 Å². The maximum absolute atomic E-state index is 12.5. The molecule has 28 heavy (non-hydrogen) atoms. The number of rotatable bonds is 8. The molecule has 1 amide bonds. The van der Waals surface area contributed by atoms with Gasteiger partial charge in [0, 0.05) is 11.9 Å². The summed E-state index contributed by atoms with van der Waals surface area (Å²) in [4.78, 5) is 36.6. The second-order valence-electron chi connectivity index (χ2n) is 6.62. The second kappa shape index (κ2) is 8.80. The zero-order valence-corrected chi connectivity index (χ0v) is 16.9. The number of methoxy groups -OCH3 is 2. The third kappa shape index (κ3) is 4.57. The Bertz CT molecular complexity index is 728. The molecule has 1 saturated heterocycles. The highest BCUT2D eigenvalue weighted by molar-refractivity contribution is 8.01. The fourth-order valence-corrected chi connectivity index (χ4v) is 4.39. The van der Waals surface area contributed by atoms with Gasteiger partial charge in [-0.05, 0) is 26.0 Å². The van der Waals surface area contributed by atoms with E-state index in [9.17, 15) is 19.5 Å². The maximum atomic E-state index is 12.5. The summed E-state index contributed by atoms with van der Waals surface area (Å²) in [6.07, 6.45) is 0. The van der Waals surface area contributed by atoms with Gasteiger partial charge in [-0.15, -0.1) is 11.8 Å². The monoisotopic (exact) mass is 412 g/mol. The third-order valence-electron chi connectivity index (χ3n) is 4.30. The highest BCUT2D eigenvalue weighted by Crippen LogP contribution is 2.42. The summed E-state index contributed by atoms with van der Waals surface area (Å²) in [7, 11) is 2.39. The molecule has 0 bridgehead atoms. The molecule has 9 nitrogen and oxygen atoms in total. The summed E-state index contributed by atoms with van der Waals surface area (Å²) < 4.78 is 14.8. The van der Waals surface area contributed by atoms with Gasteiger partial charge in [-0.3, -0.25) is 14.9 Å². The highest BCUT2D eigenvalue weighted by Gasteiger charge is 2.58. The van der Waals surface area contributed by atoms with E-state index in [0.29, 0.717) is 5.75 Å². The van der Waals surface area contributed by atoms with Gasteiger partial charge in [0.2, 0.25) is 0 Å². The van der Waals surface area contributed by atoms with E-state index >= 15 is 0 Å². The van der Waals surface area contributed by atoms with Crippen LogP contribution in [-0.2, 0) is 23.9 Å². The van der Waals surface area contributed by atoms with Crippen LogP contribution in [-0.4, -0.2) is 65.7 Å². The van der Waals surface area contributed by atoms with Crippen molar-refractivity contribution in [2.75, 3.05) is 20.8 Å². The number of benzene rings is 1. The number of carboxylic acids is 1. The van der Waals surface area contributed by atoms with Gasteiger partial charge in [-0.2, -0.15) is 0 Å². The number of amides is 1. The van der Waals surface area contributed by atoms with Crippen molar-refractivity contribution in [3.63, 3.8) is 0 Å². The predicted molar refractivity (Wildman–Crippen MR) is 102 cm³/mol. The van der Waals surface area contributed by atoms with Crippen LogP contribution in [0.15, 0.2) is 30.3 Å². The first-order valence-electron chi connectivity index (χ1n) is 8.45. The van der Waals surface area contributed by atoms with Crippen LogP contribution in [0.3, 0.4) is 0 Å². The van der Waals surface area contributed by atoms with Crippen LogP contribution < -0.4 is 15.4 Å². The molecule has 10 heteroatoms. The summed E-state index contributed by atoms with van der Waals surface area (Å²) in [5, 5.41) is 13.9. The van der Waals surface area contributed by atoms with Crippen LogP contribution in [0, 0.1) is 0 Å². The zero-order chi connectivity index (χ0) is 20.9. The first kappa shape index (κ1) is 22.0. The normalized spacial score (nSPS) is 22.7. The van der Waals surface area contributed by atoms with Gasteiger partial charge >= 0.3 is 11.9 Å². The minimum atomic E-state index is -1.93. The summed E-state index contributed by atoms with van der Waals surface area (Å²) in [5.74, 6) is -2.09. The Morgan fingerprint density at radius 2 is 1.89 bits per heavy atom. The van der Waals surface area contributed by atoms with E-state index in [1.165, 1.54) is 7.11 Å². The molecule has 0 aromatic heterocycles. The Balaban J connectivity index is 2.20. The van der Waals surface area contributed by atoms with Crippen LogP contribution in [0.5, 0.6) is 5.75 Å². The molecule has 3 N–H and O–H groups in total. The predicted octanol–water partition coefficient (Wildman–Crippen LogP) is 0.592. The van der Waals surface area contributed by atoms with Gasteiger partial charge in [-0.1, -0.05) is 18.2 Å². The Kier molecular flexibility index (Phi) is 6.91. The maximum Gasteiger partial charge on any atom is 0.362 e. The minimum Gasteiger partial charge on any atom is -0.484 e. The van der Waals surface area contributed by atoms with E-state index < -0.39 is 39.7 Å². The minimum absolute atomic E-state index is 0.366. The molecule has 1 aromatic carbocycles. The fraction of sp³-hybridized carbons (Fsp3) is 0.500. The molecular weight excluding hydrogens is 388 g/mol. The van der Waals surface area contributed by atoms with Crippen LogP contribution in [0.4, 0.5) is 0 Å². The number of hydrogen-bond donors (Lipinski definition) is 3. The average molecular weight is 412 g/mol. The first-order chi connectivity index (χ1) is 13.2. The van der Waals surface area contributed by atoms with Crippen molar-refractivity contribution in [1.29, 1.82) is 0 Å². The topological polar surface area (TPSA) is 123 Å². The van der Waals surface area contributed by atoms with Crippen molar-refractivity contribution in [3.05, 3.63) is 30.3 Å². The van der Waals surface area contributed by atoms with Crippen LogP contribution in [0.1, 0.15) is 13.8 Å². The Morgan fingerprint density at radius 1 is 1.25 bits per heavy atom. The number of esters is 1. The molecule has 1 fully saturated rings. The van der Waals surface area contributed by atoms with E-state index in [-0.39, 0.29) is 6.61 Å². The summed E-state index contributed by atoms with van der Waals surface area (Å²) in [5.41, 5.74) is -1.93. The van der Waals surface area contributed by atoms with Gasteiger partial charge in [0.05, 0.1) is 7.11 Å². The van der Waals surface area contributed by atoms with E-state index in [1.54, 1.807) is 38.1 Å². The molecule has 1 aromatic rings. The molecule has 0 radical (unpaired) electrons. The van der Waals surface area contributed by atoms with Crippen LogP contribution >= 0.6 is 11.8 Å². The molecule has 154 valence electrons. The number of para-hydroxylation sites is 1. The van der Waals surface area contributed by atoms with Crippen molar-refractivity contribution in [2.45, 2.75) is 35.7 Å². The Morgan fingerprint density at radius 3 is 2.39 bits per heavy atom. The smallest absolute Gasteiger partial charge is 0.362 e. The van der Waals surface area contributed by atoms with Gasteiger partial charge in [0.15, 0.2) is 6.61 Å². The Labute approximate surface area is 167 Å². The average Bonchev–Trinajstić information content (AvgIpc) is 3.00. The van der Waals surface area contributed by atoms with Gasteiger partial charge in [0.1, 0.15) is 17.2 Å². The SMILES string of the molecule is COC(=O)C(NC(=O)COc1ccccc1)(OC)C1NC(C(=O)O)C(C)(C)S1.